The van der Waals surface area contributed by atoms with Crippen LogP contribution in [0.25, 0.3) is 0 Å². The van der Waals surface area contributed by atoms with Crippen LogP contribution >= 0.6 is 11.3 Å². The molecule has 1 N–H and O–H groups in total. The maximum Gasteiger partial charge on any atom is 0.331 e. The highest BCUT2D eigenvalue weighted by molar-refractivity contribution is 7.09. The SMILES string of the molecule is CCC(=CCN(Cc1cccs1)C(C)C)C(=O)O. The summed E-state index contributed by atoms with van der Waals surface area (Å²) in [5.41, 5.74) is 0.492. The number of carboxylic acids is 1. The van der Waals surface area contributed by atoms with Crippen LogP contribution < -0.4 is 0 Å². The van der Waals surface area contributed by atoms with Gasteiger partial charge in [0, 0.05) is 29.6 Å². The zero-order valence-corrected chi connectivity index (χ0v) is 12.0. The molecule has 0 aliphatic heterocycles. The van der Waals surface area contributed by atoms with Crippen LogP contribution in [0.2, 0.25) is 0 Å². The fourth-order valence-electron chi connectivity index (χ4n) is 1.67. The molecule has 0 spiro atoms. The zero-order valence-electron chi connectivity index (χ0n) is 11.2. The lowest BCUT2D eigenvalue weighted by atomic mass is 10.2. The van der Waals surface area contributed by atoms with E-state index in [1.54, 1.807) is 11.3 Å². The van der Waals surface area contributed by atoms with Crippen LogP contribution in [-0.2, 0) is 11.3 Å². The Labute approximate surface area is 113 Å². The molecule has 0 aliphatic carbocycles. The Kier molecular flexibility index (Phi) is 6.09. The van der Waals surface area contributed by atoms with Crippen molar-refractivity contribution < 1.29 is 9.90 Å². The quantitative estimate of drug-likeness (QED) is 0.770. The largest absolute Gasteiger partial charge is 0.478 e. The van der Waals surface area contributed by atoms with E-state index in [-0.39, 0.29) is 0 Å². The van der Waals surface area contributed by atoms with E-state index in [1.807, 2.05) is 19.1 Å². The Bertz CT molecular complexity index is 396. The van der Waals surface area contributed by atoms with Crippen molar-refractivity contribution >= 4 is 17.3 Å². The van der Waals surface area contributed by atoms with Gasteiger partial charge in [-0.05, 0) is 31.7 Å². The molecule has 0 fully saturated rings. The van der Waals surface area contributed by atoms with Gasteiger partial charge in [0.05, 0.1) is 0 Å². The van der Waals surface area contributed by atoms with Crippen molar-refractivity contribution in [2.24, 2.45) is 0 Å². The second-order valence-electron chi connectivity index (χ2n) is 4.49. The lowest BCUT2D eigenvalue weighted by Gasteiger charge is -2.24. The number of rotatable bonds is 7. The van der Waals surface area contributed by atoms with Crippen LogP contribution in [0, 0.1) is 0 Å². The number of hydrogen-bond acceptors (Lipinski definition) is 3. The van der Waals surface area contributed by atoms with Crippen LogP contribution in [0.3, 0.4) is 0 Å². The first-order valence-corrected chi connectivity index (χ1v) is 7.11. The van der Waals surface area contributed by atoms with E-state index in [1.165, 1.54) is 4.88 Å². The third-order valence-electron chi connectivity index (χ3n) is 2.90. The van der Waals surface area contributed by atoms with Crippen LogP contribution in [-0.4, -0.2) is 28.6 Å². The third kappa shape index (κ3) is 4.63. The first-order chi connectivity index (χ1) is 8.54. The number of carbonyl (C=O) groups is 1. The summed E-state index contributed by atoms with van der Waals surface area (Å²) in [5, 5.41) is 11.1. The predicted octanol–water partition coefficient (Wildman–Crippen LogP) is 3.38. The van der Waals surface area contributed by atoms with E-state index in [4.69, 9.17) is 5.11 Å². The molecule has 0 unspecified atom stereocenters. The fourth-order valence-corrected chi connectivity index (χ4v) is 2.40. The maximum absolute atomic E-state index is 10.9. The van der Waals surface area contributed by atoms with Gasteiger partial charge in [-0.15, -0.1) is 11.3 Å². The summed E-state index contributed by atoms with van der Waals surface area (Å²) < 4.78 is 0. The van der Waals surface area contributed by atoms with E-state index >= 15 is 0 Å². The van der Waals surface area contributed by atoms with E-state index in [9.17, 15) is 4.79 Å². The summed E-state index contributed by atoms with van der Waals surface area (Å²) in [6.07, 6.45) is 2.40. The number of carboxylic acid groups (broad SMARTS) is 1. The number of nitrogens with zero attached hydrogens (tertiary/aromatic N) is 1. The molecule has 1 aromatic rings. The highest BCUT2D eigenvalue weighted by Gasteiger charge is 2.11. The summed E-state index contributed by atoms with van der Waals surface area (Å²) in [6.45, 7) is 7.70. The maximum atomic E-state index is 10.9. The molecule has 0 amide bonds. The molecular formula is C14H21NO2S. The molecule has 100 valence electrons. The Morgan fingerprint density at radius 2 is 2.28 bits per heavy atom. The van der Waals surface area contributed by atoms with Crippen molar-refractivity contribution in [3.05, 3.63) is 34.0 Å². The van der Waals surface area contributed by atoms with Crippen molar-refractivity contribution in [2.45, 2.75) is 39.8 Å². The number of aliphatic carboxylic acids is 1. The molecule has 0 radical (unpaired) electrons. The second-order valence-corrected chi connectivity index (χ2v) is 5.52. The topological polar surface area (TPSA) is 40.5 Å². The molecule has 18 heavy (non-hydrogen) atoms. The van der Waals surface area contributed by atoms with Crippen LogP contribution in [0.4, 0.5) is 0 Å². The summed E-state index contributed by atoms with van der Waals surface area (Å²) >= 11 is 1.74. The summed E-state index contributed by atoms with van der Waals surface area (Å²) in [4.78, 5) is 14.5. The molecule has 0 aromatic carbocycles. The van der Waals surface area contributed by atoms with Gasteiger partial charge in [0.2, 0.25) is 0 Å². The standard InChI is InChI=1S/C14H21NO2S/c1-4-12(14(16)17)7-8-15(11(2)3)10-13-6-5-9-18-13/h5-7,9,11H,4,8,10H2,1-3H3,(H,16,17). The lowest BCUT2D eigenvalue weighted by molar-refractivity contribution is -0.132. The monoisotopic (exact) mass is 267 g/mol. The van der Waals surface area contributed by atoms with Crippen LogP contribution in [0.15, 0.2) is 29.2 Å². The van der Waals surface area contributed by atoms with Crippen molar-refractivity contribution in [3.8, 4) is 0 Å². The van der Waals surface area contributed by atoms with E-state index in [0.717, 1.165) is 6.54 Å². The van der Waals surface area contributed by atoms with E-state index < -0.39 is 5.97 Å². The summed E-state index contributed by atoms with van der Waals surface area (Å²) in [6, 6.07) is 4.56. The van der Waals surface area contributed by atoms with Crippen LogP contribution in [0.5, 0.6) is 0 Å². The lowest BCUT2D eigenvalue weighted by Crippen LogP contribution is -2.30. The van der Waals surface area contributed by atoms with Gasteiger partial charge < -0.3 is 5.11 Å². The van der Waals surface area contributed by atoms with Crippen molar-refractivity contribution in [1.82, 2.24) is 4.90 Å². The molecule has 1 rings (SSSR count). The molecule has 1 aromatic heterocycles. The van der Waals surface area contributed by atoms with Gasteiger partial charge in [0.15, 0.2) is 0 Å². The molecule has 0 saturated heterocycles. The highest BCUT2D eigenvalue weighted by Crippen LogP contribution is 2.14. The number of hydrogen-bond donors (Lipinski definition) is 1. The van der Waals surface area contributed by atoms with Crippen molar-refractivity contribution in [2.75, 3.05) is 6.54 Å². The molecule has 0 saturated carbocycles. The van der Waals surface area contributed by atoms with Gasteiger partial charge >= 0.3 is 5.97 Å². The molecule has 0 bridgehead atoms. The van der Waals surface area contributed by atoms with Gasteiger partial charge in [0.25, 0.3) is 0 Å². The molecular weight excluding hydrogens is 246 g/mol. The Morgan fingerprint density at radius 3 is 2.72 bits per heavy atom. The smallest absolute Gasteiger partial charge is 0.331 e. The predicted molar refractivity (Wildman–Crippen MR) is 75.9 cm³/mol. The zero-order chi connectivity index (χ0) is 13.5. The molecule has 0 atom stereocenters. The molecule has 0 aliphatic rings. The van der Waals surface area contributed by atoms with Gasteiger partial charge in [-0.25, -0.2) is 4.79 Å². The van der Waals surface area contributed by atoms with Gasteiger partial charge in [-0.3, -0.25) is 4.90 Å². The highest BCUT2D eigenvalue weighted by atomic mass is 32.1. The van der Waals surface area contributed by atoms with Crippen molar-refractivity contribution in [1.29, 1.82) is 0 Å². The second kappa shape index (κ2) is 7.34. The fraction of sp³-hybridized carbons (Fsp3) is 0.500. The summed E-state index contributed by atoms with van der Waals surface area (Å²) in [7, 11) is 0. The third-order valence-corrected chi connectivity index (χ3v) is 3.76. The Balaban J connectivity index is 2.66. The molecule has 3 nitrogen and oxygen atoms in total. The van der Waals surface area contributed by atoms with Crippen molar-refractivity contribution in [3.63, 3.8) is 0 Å². The minimum atomic E-state index is -0.808. The average molecular weight is 267 g/mol. The normalized spacial score (nSPS) is 12.4. The van der Waals surface area contributed by atoms with E-state index in [0.29, 0.717) is 24.6 Å². The minimum Gasteiger partial charge on any atom is -0.478 e. The Hall–Kier alpha value is -1.13. The average Bonchev–Trinajstić information content (AvgIpc) is 2.80. The minimum absolute atomic E-state index is 0.398. The first-order valence-electron chi connectivity index (χ1n) is 6.23. The van der Waals surface area contributed by atoms with Gasteiger partial charge in [-0.1, -0.05) is 19.1 Å². The number of thiophene rings is 1. The molecule has 4 heteroatoms. The van der Waals surface area contributed by atoms with E-state index in [2.05, 4.69) is 30.2 Å². The van der Waals surface area contributed by atoms with Gasteiger partial charge in [-0.2, -0.15) is 0 Å². The summed E-state index contributed by atoms with van der Waals surface area (Å²) in [5.74, 6) is -0.808. The molecule has 1 heterocycles. The first kappa shape index (κ1) is 14.9. The van der Waals surface area contributed by atoms with Crippen LogP contribution in [0.1, 0.15) is 32.1 Å². The Morgan fingerprint density at radius 1 is 1.56 bits per heavy atom. The van der Waals surface area contributed by atoms with Gasteiger partial charge in [0.1, 0.15) is 0 Å².